The maximum atomic E-state index is 12.8. The molecule has 3 aromatic rings. The Kier molecular flexibility index (Phi) is 7.92. The minimum atomic E-state index is -0.334. The Morgan fingerprint density at radius 1 is 0.941 bits per heavy atom. The first-order chi connectivity index (χ1) is 16.5. The molecule has 0 N–H and O–H groups in total. The summed E-state index contributed by atoms with van der Waals surface area (Å²) in [5.74, 6) is 1.49. The second-order valence-corrected chi connectivity index (χ2v) is 9.23. The standard InChI is InChI=1S/C26H22BrNO5S/c1-31-22-12-9-19(15-23(22)33-17-18-7-10-20(27)11-8-18)16-24-25(29)28(26(30)34-24)13-14-32-21-5-3-2-4-6-21/h2-12,15-16H,13-14,17H2,1H3/b24-16-. The van der Waals surface area contributed by atoms with E-state index in [0.717, 1.165) is 27.4 Å². The van der Waals surface area contributed by atoms with Gasteiger partial charge in [-0.3, -0.25) is 14.5 Å². The van der Waals surface area contributed by atoms with Crippen molar-refractivity contribution >= 4 is 44.9 Å². The fourth-order valence-corrected chi connectivity index (χ4v) is 4.38. The highest BCUT2D eigenvalue weighted by Crippen LogP contribution is 2.34. The number of hydrogen-bond donors (Lipinski definition) is 0. The highest BCUT2D eigenvalue weighted by molar-refractivity contribution is 9.10. The average molecular weight is 540 g/mol. The highest BCUT2D eigenvalue weighted by atomic mass is 79.9. The lowest BCUT2D eigenvalue weighted by atomic mass is 10.1. The summed E-state index contributed by atoms with van der Waals surface area (Å²) < 4.78 is 18.0. The molecule has 8 heteroatoms. The Morgan fingerprint density at radius 3 is 2.44 bits per heavy atom. The summed E-state index contributed by atoms with van der Waals surface area (Å²) in [6.07, 6.45) is 1.69. The van der Waals surface area contributed by atoms with Gasteiger partial charge in [0, 0.05) is 4.47 Å². The molecule has 1 aliphatic rings. The molecule has 2 amide bonds. The van der Waals surface area contributed by atoms with E-state index in [-0.39, 0.29) is 24.3 Å². The number of thioether (sulfide) groups is 1. The third-order valence-corrected chi connectivity index (χ3v) is 6.43. The zero-order chi connectivity index (χ0) is 23.9. The Labute approximate surface area is 210 Å². The van der Waals surface area contributed by atoms with Gasteiger partial charge in [-0.15, -0.1) is 0 Å². The molecule has 3 aromatic carbocycles. The molecule has 0 unspecified atom stereocenters. The number of rotatable bonds is 9. The molecule has 1 fully saturated rings. The predicted molar refractivity (Wildman–Crippen MR) is 136 cm³/mol. The van der Waals surface area contributed by atoms with E-state index >= 15 is 0 Å². The van der Waals surface area contributed by atoms with Crippen LogP contribution in [0.5, 0.6) is 17.2 Å². The number of amides is 2. The fourth-order valence-electron chi connectivity index (χ4n) is 3.25. The van der Waals surface area contributed by atoms with Crippen LogP contribution >= 0.6 is 27.7 Å². The van der Waals surface area contributed by atoms with Crippen LogP contribution in [0.3, 0.4) is 0 Å². The van der Waals surface area contributed by atoms with Gasteiger partial charge in [-0.2, -0.15) is 0 Å². The van der Waals surface area contributed by atoms with Gasteiger partial charge < -0.3 is 14.2 Å². The van der Waals surface area contributed by atoms with Crippen LogP contribution in [0.2, 0.25) is 0 Å². The van der Waals surface area contributed by atoms with Crippen molar-refractivity contribution in [2.24, 2.45) is 0 Å². The van der Waals surface area contributed by atoms with E-state index in [1.54, 1.807) is 25.3 Å². The van der Waals surface area contributed by atoms with Gasteiger partial charge in [0.25, 0.3) is 11.1 Å². The number of carbonyl (C=O) groups excluding carboxylic acids is 2. The van der Waals surface area contributed by atoms with Crippen molar-refractivity contribution < 1.29 is 23.8 Å². The third kappa shape index (κ3) is 6.01. The number of benzene rings is 3. The summed E-state index contributed by atoms with van der Waals surface area (Å²) in [7, 11) is 1.57. The van der Waals surface area contributed by atoms with Crippen molar-refractivity contribution in [1.29, 1.82) is 0 Å². The number of nitrogens with zero attached hydrogens (tertiary/aromatic N) is 1. The largest absolute Gasteiger partial charge is 0.493 e. The number of halogens is 1. The van der Waals surface area contributed by atoms with E-state index in [2.05, 4.69) is 15.9 Å². The van der Waals surface area contributed by atoms with Crippen molar-refractivity contribution in [2.75, 3.05) is 20.3 Å². The summed E-state index contributed by atoms with van der Waals surface area (Å²) in [5.41, 5.74) is 1.74. The van der Waals surface area contributed by atoms with Crippen LogP contribution in [0, 0.1) is 0 Å². The molecule has 1 heterocycles. The molecule has 4 rings (SSSR count). The van der Waals surface area contributed by atoms with E-state index < -0.39 is 0 Å². The highest BCUT2D eigenvalue weighted by Gasteiger charge is 2.34. The van der Waals surface area contributed by atoms with Crippen molar-refractivity contribution in [3.63, 3.8) is 0 Å². The van der Waals surface area contributed by atoms with Crippen LogP contribution in [0.25, 0.3) is 6.08 Å². The normalized spacial score (nSPS) is 14.5. The maximum absolute atomic E-state index is 12.8. The summed E-state index contributed by atoms with van der Waals surface area (Å²) in [6.45, 7) is 0.776. The van der Waals surface area contributed by atoms with Gasteiger partial charge in [-0.1, -0.05) is 52.3 Å². The zero-order valence-electron chi connectivity index (χ0n) is 18.4. The molecule has 1 saturated heterocycles. The molecule has 6 nitrogen and oxygen atoms in total. The lowest BCUT2D eigenvalue weighted by molar-refractivity contribution is -0.123. The molecule has 0 saturated carbocycles. The second kappa shape index (κ2) is 11.3. The van der Waals surface area contributed by atoms with Crippen molar-refractivity contribution in [2.45, 2.75) is 6.61 Å². The molecular formula is C26H22BrNO5S. The van der Waals surface area contributed by atoms with Gasteiger partial charge in [0.2, 0.25) is 0 Å². The molecule has 0 radical (unpaired) electrons. The van der Waals surface area contributed by atoms with Crippen LogP contribution in [0.4, 0.5) is 4.79 Å². The number of methoxy groups -OCH3 is 1. The van der Waals surface area contributed by atoms with Gasteiger partial charge in [-0.05, 0) is 65.4 Å². The average Bonchev–Trinajstić information content (AvgIpc) is 3.12. The van der Waals surface area contributed by atoms with Crippen molar-refractivity contribution in [3.8, 4) is 17.2 Å². The molecule has 0 aromatic heterocycles. The molecule has 1 aliphatic heterocycles. The van der Waals surface area contributed by atoms with Crippen molar-refractivity contribution in [1.82, 2.24) is 4.90 Å². The van der Waals surface area contributed by atoms with Gasteiger partial charge in [0.1, 0.15) is 19.0 Å². The first kappa shape index (κ1) is 23.9. The van der Waals surface area contributed by atoms with E-state index in [0.29, 0.717) is 28.8 Å². The first-order valence-electron chi connectivity index (χ1n) is 10.5. The topological polar surface area (TPSA) is 65.1 Å². The second-order valence-electron chi connectivity index (χ2n) is 7.32. The number of carbonyl (C=O) groups is 2. The Hall–Kier alpha value is -3.23. The SMILES string of the molecule is COc1ccc(/C=C2\SC(=O)N(CCOc3ccccc3)C2=O)cc1OCc1ccc(Br)cc1. The lowest BCUT2D eigenvalue weighted by Gasteiger charge is -2.13. The van der Waals surface area contributed by atoms with E-state index in [4.69, 9.17) is 14.2 Å². The summed E-state index contributed by atoms with van der Waals surface area (Å²) >= 11 is 4.34. The molecule has 34 heavy (non-hydrogen) atoms. The number of ether oxygens (including phenoxy) is 3. The van der Waals surface area contributed by atoms with Crippen LogP contribution in [-0.4, -0.2) is 36.3 Å². The minimum Gasteiger partial charge on any atom is -0.493 e. The molecule has 0 bridgehead atoms. The van der Waals surface area contributed by atoms with Gasteiger partial charge in [0.15, 0.2) is 11.5 Å². The van der Waals surface area contributed by atoms with E-state index in [1.165, 1.54) is 4.90 Å². The van der Waals surface area contributed by atoms with Crippen LogP contribution < -0.4 is 14.2 Å². The third-order valence-electron chi connectivity index (χ3n) is 4.99. The smallest absolute Gasteiger partial charge is 0.293 e. The monoisotopic (exact) mass is 539 g/mol. The van der Waals surface area contributed by atoms with Crippen LogP contribution in [0.15, 0.2) is 82.2 Å². The van der Waals surface area contributed by atoms with Crippen LogP contribution in [0.1, 0.15) is 11.1 Å². The van der Waals surface area contributed by atoms with E-state index in [9.17, 15) is 9.59 Å². The van der Waals surface area contributed by atoms with Gasteiger partial charge in [0.05, 0.1) is 18.6 Å². The molecule has 0 aliphatic carbocycles. The molecular weight excluding hydrogens is 518 g/mol. The molecule has 0 atom stereocenters. The summed E-state index contributed by atoms with van der Waals surface area (Å²) in [6, 6.07) is 22.5. The minimum absolute atomic E-state index is 0.182. The Balaban J connectivity index is 1.43. The van der Waals surface area contributed by atoms with Gasteiger partial charge >= 0.3 is 0 Å². The predicted octanol–water partition coefficient (Wildman–Crippen LogP) is 6.15. The van der Waals surface area contributed by atoms with Crippen LogP contribution in [-0.2, 0) is 11.4 Å². The van der Waals surface area contributed by atoms with Gasteiger partial charge in [-0.25, -0.2) is 0 Å². The number of imide groups is 1. The first-order valence-corrected chi connectivity index (χ1v) is 12.1. The number of hydrogen-bond acceptors (Lipinski definition) is 6. The van der Waals surface area contributed by atoms with E-state index in [1.807, 2.05) is 60.7 Å². The number of para-hydroxylation sites is 1. The maximum Gasteiger partial charge on any atom is 0.293 e. The summed E-state index contributed by atoms with van der Waals surface area (Å²) in [5, 5.41) is -0.312. The fraction of sp³-hybridized carbons (Fsp3) is 0.154. The Bertz CT molecular complexity index is 1200. The Morgan fingerprint density at radius 2 is 1.71 bits per heavy atom. The van der Waals surface area contributed by atoms with Crippen molar-refractivity contribution in [3.05, 3.63) is 93.3 Å². The molecule has 0 spiro atoms. The quantitative estimate of drug-likeness (QED) is 0.304. The summed E-state index contributed by atoms with van der Waals surface area (Å²) in [4.78, 5) is 26.8. The lowest BCUT2D eigenvalue weighted by Crippen LogP contribution is -2.32. The zero-order valence-corrected chi connectivity index (χ0v) is 20.8. The molecule has 174 valence electrons.